The van der Waals surface area contributed by atoms with Crippen LogP contribution in [0.5, 0.6) is 0 Å². The van der Waals surface area contributed by atoms with Crippen LogP contribution in [0.4, 0.5) is 0 Å². The molecule has 1 saturated heterocycles. The number of rotatable bonds is 4. The van der Waals surface area contributed by atoms with Crippen molar-refractivity contribution >= 4 is 12.2 Å². The van der Waals surface area contributed by atoms with Crippen molar-refractivity contribution in [3.8, 4) is 0 Å². The van der Waals surface area contributed by atoms with Gasteiger partial charge in [0, 0.05) is 18.6 Å². The van der Waals surface area contributed by atoms with Crippen LogP contribution in [0.3, 0.4) is 0 Å². The SMILES string of the molecule is Cc1ccc(C2CCCN2Cn2ncn(C3CC3)c2=S)cc1C. The largest absolute Gasteiger partial charge is 0.303 e. The first kappa shape index (κ1) is 15.1. The van der Waals surface area contributed by atoms with E-state index in [0.29, 0.717) is 12.1 Å². The summed E-state index contributed by atoms with van der Waals surface area (Å²) in [6.45, 7) is 6.30. The lowest BCUT2D eigenvalue weighted by atomic mass is 9.99. The third-order valence-electron chi connectivity index (χ3n) is 5.29. The molecule has 0 bridgehead atoms. The quantitative estimate of drug-likeness (QED) is 0.788. The molecule has 2 heterocycles. The second-order valence-corrected chi connectivity index (χ2v) is 7.37. The van der Waals surface area contributed by atoms with Crippen molar-refractivity contribution in [3.63, 3.8) is 0 Å². The minimum atomic E-state index is 0.488. The van der Waals surface area contributed by atoms with Gasteiger partial charge in [-0.2, -0.15) is 5.10 Å². The van der Waals surface area contributed by atoms with E-state index >= 15 is 0 Å². The zero-order chi connectivity index (χ0) is 16.0. The Morgan fingerprint density at radius 2 is 2.00 bits per heavy atom. The molecule has 4 rings (SSSR count). The summed E-state index contributed by atoms with van der Waals surface area (Å²) in [5.74, 6) is 0. The fourth-order valence-electron chi connectivity index (χ4n) is 3.57. The van der Waals surface area contributed by atoms with E-state index in [4.69, 9.17) is 12.2 Å². The van der Waals surface area contributed by atoms with Gasteiger partial charge < -0.3 is 4.57 Å². The average molecular weight is 328 g/mol. The molecule has 1 saturated carbocycles. The molecule has 1 aliphatic carbocycles. The molecule has 1 atom stereocenters. The molecule has 23 heavy (non-hydrogen) atoms. The Hall–Kier alpha value is -1.46. The molecule has 0 radical (unpaired) electrons. The standard InChI is InChI=1S/C18H24N4S/c1-13-5-6-15(10-14(13)2)17-4-3-9-20(17)12-22-18(23)21(11-19-22)16-7-8-16/h5-6,10-11,16-17H,3-4,7-9,12H2,1-2H3. The van der Waals surface area contributed by atoms with Crippen molar-refractivity contribution in [2.75, 3.05) is 6.54 Å². The Bertz CT molecular complexity index is 772. The Morgan fingerprint density at radius 1 is 1.17 bits per heavy atom. The molecule has 0 N–H and O–H groups in total. The molecular weight excluding hydrogens is 304 g/mol. The maximum Gasteiger partial charge on any atom is 0.199 e. The number of nitrogens with zero attached hydrogens (tertiary/aromatic N) is 4. The van der Waals surface area contributed by atoms with Crippen molar-refractivity contribution in [2.45, 2.75) is 58.3 Å². The summed E-state index contributed by atoms with van der Waals surface area (Å²) in [4.78, 5) is 2.52. The molecule has 0 spiro atoms. The average Bonchev–Trinajstić information content (AvgIpc) is 3.17. The highest BCUT2D eigenvalue weighted by Gasteiger charge is 2.28. The second-order valence-electron chi connectivity index (χ2n) is 7.01. The van der Waals surface area contributed by atoms with Crippen molar-refractivity contribution in [3.05, 3.63) is 46.0 Å². The summed E-state index contributed by atoms with van der Waals surface area (Å²) in [5.41, 5.74) is 4.17. The van der Waals surface area contributed by atoms with E-state index in [-0.39, 0.29) is 0 Å². The van der Waals surface area contributed by atoms with Gasteiger partial charge in [-0.25, -0.2) is 4.68 Å². The third kappa shape index (κ3) is 2.88. The van der Waals surface area contributed by atoms with Crippen LogP contribution in [-0.2, 0) is 6.67 Å². The van der Waals surface area contributed by atoms with Crippen molar-refractivity contribution in [1.82, 2.24) is 19.2 Å². The van der Waals surface area contributed by atoms with E-state index in [2.05, 4.69) is 46.6 Å². The van der Waals surface area contributed by atoms with Gasteiger partial charge in [-0.15, -0.1) is 0 Å². The smallest absolute Gasteiger partial charge is 0.199 e. The minimum absolute atomic E-state index is 0.488. The van der Waals surface area contributed by atoms with E-state index in [0.717, 1.165) is 18.0 Å². The van der Waals surface area contributed by atoms with E-state index in [9.17, 15) is 0 Å². The van der Waals surface area contributed by atoms with Gasteiger partial charge in [0.1, 0.15) is 6.33 Å². The van der Waals surface area contributed by atoms with Gasteiger partial charge in [-0.3, -0.25) is 4.90 Å². The molecular formula is C18H24N4S. The topological polar surface area (TPSA) is 26.0 Å². The summed E-state index contributed by atoms with van der Waals surface area (Å²) in [7, 11) is 0. The fraction of sp³-hybridized carbons (Fsp3) is 0.556. The second kappa shape index (κ2) is 5.87. The zero-order valence-electron chi connectivity index (χ0n) is 13.9. The maximum atomic E-state index is 5.61. The number of hydrogen-bond donors (Lipinski definition) is 0. The van der Waals surface area contributed by atoms with E-state index in [1.165, 1.54) is 42.4 Å². The van der Waals surface area contributed by atoms with Gasteiger partial charge in [0.25, 0.3) is 0 Å². The summed E-state index contributed by atoms with van der Waals surface area (Å²) >= 11 is 5.61. The normalized spacial score (nSPS) is 21.9. The molecule has 1 aliphatic heterocycles. The monoisotopic (exact) mass is 328 g/mol. The fourth-order valence-corrected chi connectivity index (χ4v) is 3.87. The van der Waals surface area contributed by atoms with Gasteiger partial charge in [0.2, 0.25) is 0 Å². The zero-order valence-corrected chi connectivity index (χ0v) is 14.7. The van der Waals surface area contributed by atoms with E-state index in [1.54, 1.807) is 0 Å². The molecule has 4 nitrogen and oxygen atoms in total. The molecule has 2 aliphatic rings. The first-order valence-corrected chi connectivity index (χ1v) is 8.99. The minimum Gasteiger partial charge on any atom is -0.303 e. The molecule has 5 heteroatoms. The lowest BCUT2D eigenvalue weighted by Gasteiger charge is -2.25. The Morgan fingerprint density at radius 3 is 2.74 bits per heavy atom. The summed E-state index contributed by atoms with van der Waals surface area (Å²) < 4.78 is 5.03. The molecule has 1 aromatic carbocycles. The molecule has 1 aromatic heterocycles. The van der Waals surface area contributed by atoms with Crippen molar-refractivity contribution in [2.24, 2.45) is 0 Å². The Kier molecular flexibility index (Phi) is 3.85. The highest BCUT2D eigenvalue weighted by molar-refractivity contribution is 7.71. The van der Waals surface area contributed by atoms with Crippen LogP contribution in [0, 0.1) is 18.6 Å². The summed E-state index contributed by atoms with van der Waals surface area (Å²) in [5, 5.41) is 4.53. The maximum absolute atomic E-state index is 5.61. The lowest BCUT2D eigenvalue weighted by molar-refractivity contribution is 0.189. The Labute approximate surface area is 142 Å². The lowest BCUT2D eigenvalue weighted by Crippen LogP contribution is -2.27. The van der Waals surface area contributed by atoms with Gasteiger partial charge in [-0.1, -0.05) is 18.2 Å². The van der Waals surface area contributed by atoms with E-state index in [1.807, 2.05) is 11.0 Å². The molecule has 2 aromatic rings. The van der Waals surface area contributed by atoms with Crippen LogP contribution < -0.4 is 0 Å². The van der Waals surface area contributed by atoms with Gasteiger partial charge in [0.05, 0.1) is 6.67 Å². The van der Waals surface area contributed by atoms with E-state index < -0.39 is 0 Å². The predicted octanol–water partition coefficient (Wildman–Crippen LogP) is 4.16. The highest BCUT2D eigenvalue weighted by atomic mass is 32.1. The van der Waals surface area contributed by atoms with Gasteiger partial charge in [0.15, 0.2) is 4.77 Å². The first-order chi connectivity index (χ1) is 11.1. The van der Waals surface area contributed by atoms with Crippen LogP contribution >= 0.6 is 12.2 Å². The van der Waals surface area contributed by atoms with Crippen LogP contribution in [0.15, 0.2) is 24.5 Å². The number of benzene rings is 1. The number of aryl methyl sites for hydroxylation is 2. The highest BCUT2D eigenvalue weighted by Crippen LogP contribution is 2.35. The Balaban J connectivity index is 1.56. The third-order valence-corrected chi connectivity index (χ3v) is 5.71. The van der Waals surface area contributed by atoms with Crippen LogP contribution in [0.1, 0.15) is 54.5 Å². The van der Waals surface area contributed by atoms with Crippen molar-refractivity contribution < 1.29 is 0 Å². The molecule has 2 fully saturated rings. The van der Waals surface area contributed by atoms with Gasteiger partial charge in [-0.05, 0) is 68.4 Å². The summed E-state index contributed by atoms with van der Waals surface area (Å²) in [6.07, 6.45) is 6.87. The number of aromatic nitrogens is 3. The molecule has 122 valence electrons. The van der Waals surface area contributed by atoms with Gasteiger partial charge >= 0.3 is 0 Å². The first-order valence-electron chi connectivity index (χ1n) is 8.58. The number of hydrogen-bond acceptors (Lipinski definition) is 3. The molecule has 0 amide bonds. The van der Waals surface area contributed by atoms with Crippen LogP contribution in [-0.4, -0.2) is 25.8 Å². The predicted molar refractivity (Wildman–Crippen MR) is 93.9 cm³/mol. The molecule has 1 unspecified atom stereocenters. The van der Waals surface area contributed by atoms with Crippen molar-refractivity contribution in [1.29, 1.82) is 0 Å². The van der Waals surface area contributed by atoms with Crippen LogP contribution in [0.2, 0.25) is 0 Å². The van der Waals surface area contributed by atoms with Crippen LogP contribution in [0.25, 0.3) is 0 Å². The number of likely N-dealkylation sites (tertiary alicyclic amines) is 1. The summed E-state index contributed by atoms with van der Waals surface area (Å²) in [6, 6.07) is 7.97.